The maximum atomic E-state index is 5.54. The van der Waals surface area contributed by atoms with Crippen LogP contribution in [0.3, 0.4) is 0 Å². The summed E-state index contributed by atoms with van der Waals surface area (Å²) in [7, 11) is 0. The Bertz CT molecular complexity index is 4150. The predicted octanol–water partition coefficient (Wildman–Crippen LogP) is 15.8. The Hall–Kier alpha value is -8.34. The molecule has 13 aromatic rings. The summed E-state index contributed by atoms with van der Waals surface area (Å²) in [6.07, 6.45) is 0. The van der Waals surface area contributed by atoms with E-state index < -0.39 is 0 Å². The average Bonchev–Trinajstić information content (AvgIpc) is 3.87. The van der Waals surface area contributed by atoms with Gasteiger partial charge >= 0.3 is 0 Å². The molecular formula is C61H40N4. The average molecular weight is 829 g/mol. The normalized spacial score (nSPS) is 13.2. The van der Waals surface area contributed by atoms with Crippen molar-refractivity contribution in [2.75, 3.05) is 0 Å². The summed E-state index contributed by atoms with van der Waals surface area (Å²) in [4.78, 5) is 11.0. The SMILES string of the molecule is CC1(C)c2ccccc2-c2nc(-n3c4ccccc4c4cc(-c5ccc6c(c5)c5ccccc5n6-c5ccc6cc(-c7ccccc7)ccc6c5)ccc43)nc3cc4ccccc4c1c23. The number of fused-ring (bicyclic) bond motifs is 11. The van der Waals surface area contributed by atoms with E-state index in [1.54, 1.807) is 0 Å². The van der Waals surface area contributed by atoms with E-state index in [1.807, 2.05) is 0 Å². The van der Waals surface area contributed by atoms with E-state index in [4.69, 9.17) is 9.97 Å². The van der Waals surface area contributed by atoms with Crippen molar-refractivity contribution in [2.24, 2.45) is 0 Å². The fraction of sp³-hybridized carbons (Fsp3) is 0.0492. The summed E-state index contributed by atoms with van der Waals surface area (Å²) < 4.78 is 4.68. The van der Waals surface area contributed by atoms with Crippen molar-refractivity contribution in [1.82, 2.24) is 19.1 Å². The van der Waals surface area contributed by atoms with Crippen LogP contribution in [0.25, 0.3) is 121 Å². The third kappa shape index (κ3) is 5.19. The molecule has 65 heavy (non-hydrogen) atoms. The summed E-state index contributed by atoms with van der Waals surface area (Å²) in [5.74, 6) is 0.682. The monoisotopic (exact) mass is 828 g/mol. The quantitative estimate of drug-likeness (QED) is 0.166. The van der Waals surface area contributed by atoms with Crippen LogP contribution in [-0.4, -0.2) is 19.1 Å². The Kier molecular flexibility index (Phi) is 7.42. The molecule has 10 aromatic carbocycles. The summed E-state index contributed by atoms with van der Waals surface area (Å²) >= 11 is 0. The van der Waals surface area contributed by atoms with Crippen LogP contribution < -0.4 is 0 Å². The summed E-state index contributed by atoms with van der Waals surface area (Å²) in [6, 6.07) is 75.3. The summed E-state index contributed by atoms with van der Waals surface area (Å²) in [5.41, 5.74) is 16.0. The van der Waals surface area contributed by atoms with Crippen LogP contribution >= 0.6 is 0 Å². The standard InChI is InChI=1S/C61H40N4/c1-61(2)51-21-11-8-20-48(51)59-57-52(36-43-16-6-7-17-45(43)58(57)61)62-60(63-59)65-54-23-13-10-19-47(54)50-35-42(28-31-56(50)65)41-27-30-55-49(34-41)46-18-9-12-22-53(46)64(55)44-29-26-39-32-38(24-25-40(39)33-44)37-14-4-3-5-15-37/h3-36H,1-2H3. The lowest BCUT2D eigenvalue weighted by molar-refractivity contribution is 0.649. The van der Waals surface area contributed by atoms with Gasteiger partial charge in [-0.3, -0.25) is 4.57 Å². The second-order valence-electron chi connectivity index (χ2n) is 18.2. The zero-order chi connectivity index (χ0) is 43.0. The molecule has 304 valence electrons. The second-order valence-corrected chi connectivity index (χ2v) is 18.2. The summed E-state index contributed by atoms with van der Waals surface area (Å²) in [5, 5.41) is 10.9. The van der Waals surface area contributed by atoms with E-state index in [9.17, 15) is 0 Å². The minimum Gasteiger partial charge on any atom is -0.309 e. The molecule has 4 heteroatoms. The highest BCUT2D eigenvalue weighted by atomic mass is 15.2. The molecule has 0 spiro atoms. The van der Waals surface area contributed by atoms with Gasteiger partial charge in [0.05, 0.1) is 33.3 Å². The van der Waals surface area contributed by atoms with E-state index in [2.05, 4.69) is 229 Å². The Balaban J connectivity index is 0.925. The molecule has 4 nitrogen and oxygen atoms in total. The fourth-order valence-corrected chi connectivity index (χ4v) is 11.2. The number of hydrogen-bond acceptors (Lipinski definition) is 2. The minimum absolute atomic E-state index is 0.223. The first kappa shape index (κ1) is 36.2. The van der Waals surface area contributed by atoms with Crippen LogP contribution in [0.2, 0.25) is 0 Å². The highest BCUT2D eigenvalue weighted by molar-refractivity contribution is 6.14. The third-order valence-electron chi connectivity index (χ3n) is 14.2. The highest BCUT2D eigenvalue weighted by Gasteiger charge is 2.36. The third-order valence-corrected chi connectivity index (χ3v) is 14.2. The van der Waals surface area contributed by atoms with Crippen LogP contribution in [-0.2, 0) is 5.41 Å². The molecule has 0 fully saturated rings. The van der Waals surface area contributed by atoms with Crippen molar-refractivity contribution in [3.05, 3.63) is 217 Å². The maximum Gasteiger partial charge on any atom is 0.235 e. The first-order valence-corrected chi connectivity index (χ1v) is 22.5. The van der Waals surface area contributed by atoms with Crippen LogP contribution in [0.15, 0.2) is 206 Å². The van der Waals surface area contributed by atoms with E-state index in [-0.39, 0.29) is 5.41 Å². The van der Waals surface area contributed by atoms with Gasteiger partial charge in [-0.25, -0.2) is 9.97 Å². The van der Waals surface area contributed by atoms with Gasteiger partial charge < -0.3 is 4.57 Å². The minimum atomic E-state index is -0.223. The molecule has 0 atom stereocenters. The van der Waals surface area contributed by atoms with E-state index >= 15 is 0 Å². The molecule has 0 saturated heterocycles. The van der Waals surface area contributed by atoms with Crippen molar-refractivity contribution < 1.29 is 0 Å². The molecular weight excluding hydrogens is 789 g/mol. The molecule has 1 aliphatic rings. The predicted molar refractivity (Wildman–Crippen MR) is 272 cm³/mol. The van der Waals surface area contributed by atoms with Crippen LogP contribution in [0.1, 0.15) is 25.0 Å². The van der Waals surface area contributed by atoms with Crippen molar-refractivity contribution in [3.8, 4) is 45.1 Å². The molecule has 0 N–H and O–H groups in total. The van der Waals surface area contributed by atoms with Crippen molar-refractivity contribution in [2.45, 2.75) is 19.3 Å². The Morgan fingerprint density at radius 1 is 0.385 bits per heavy atom. The Labute approximate surface area is 375 Å². The lowest BCUT2D eigenvalue weighted by atomic mass is 9.68. The number of hydrogen-bond donors (Lipinski definition) is 0. The first-order chi connectivity index (χ1) is 32.0. The van der Waals surface area contributed by atoms with Gasteiger partial charge in [-0.2, -0.15) is 0 Å². The molecule has 0 saturated carbocycles. The zero-order valence-electron chi connectivity index (χ0n) is 35.9. The number of rotatable bonds is 4. The van der Waals surface area contributed by atoms with Crippen LogP contribution in [0, 0.1) is 0 Å². The van der Waals surface area contributed by atoms with Gasteiger partial charge in [0.1, 0.15) is 0 Å². The Morgan fingerprint density at radius 2 is 0.954 bits per heavy atom. The molecule has 1 aliphatic carbocycles. The van der Waals surface area contributed by atoms with Gasteiger partial charge in [0, 0.05) is 43.6 Å². The van der Waals surface area contributed by atoms with Crippen LogP contribution in [0.5, 0.6) is 0 Å². The molecule has 0 amide bonds. The lowest BCUT2D eigenvalue weighted by Crippen LogP contribution is -2.25. The largest absolute Gasteiger partial charge is 0.309 e. The summed E-state index contributed by atoms with van der Waals surface area (Å²) in [6.45, 7) is 4.69. The van der Waals surface area contributed by atoms with E-state index in [1.165, 1.54) is 93.1 Å². The number of benzene rings is 10. The second kappa shape index (κ2) is 13.3. The molecule has 0 radical (unpaired) electrons. The Morgan fingerprint density at radius 3 is 1.72 bits per heavy atom. The van der Waals surface area contributed by atoms with Gasteiger partial charge in [0.2, 0.25) is 5.95 Å². The van der Waals surface area contributed by atoms with Gasteiger partial charge in [0.15, 0.2) is 0 Å². The molecule has 14 rings (SSSR count). The first-order valence-electron chi connectivity index (χ1n) is 22.5. The van der Waals surface area contributed by atoms with Crippen LogP contribution in [0.4, 0.5) is 0 Å². The number of nitrogens with zero attached hydrogens (tertiary/aromatic N) is 4. The van der Waals surface area contributed by atoms with Gasteiger partial charge in [-0.05, 0) is 116 Å². The number of para-hydroxylation sites is 2. The smallest absolute Gasteiger partial charge is 0.235 e. The van der Waals surface area contributed by atoms with Gasteiger partial charge in [-0.1, -0.05) is 159 Å². The van der Waals surface area contributed by atoms with Crippen molar-refractivity contribution >= 4 is 76.1 Å². The lowest BCUT2D eigenvalue weighted by Gasteiger charge is -2.35. The van der Waals surface area contributed by atoms with E-state index in [0.717, 1.165) is 33.3 Å². The zero-order valence-corrected chi connectivity index (χ0v) is 35.9. The topological polar surface area (TPSA) is 35.6 Å². The number of aromatic nitrogens is 4. The maximum absolute atomic E-state index is 5.54. The van der Waals surface area contributed by atoms with Gasteiger partial charge in [0.25, 0.3) is 0 Å². The molecule has 0 unspecified atom stereocenters. The van der Waals surface area contributed by atoms with Crippen molar-refractivity contribution in [1.29, 1.82) is 0 Å². The van der Waals surface area contributed by atoms with Crippen molar-refractivity contribution in [3.63, 3.8) is 0 Å². The molecule has 3 heterocycles. The molecule has 0 bridgehead atoms. The fourth-order valence-electron chi connectivity index (χ4n) is 11.2. The highest BCUT2D eigenvalue weighted by Crippen LogP contribution is 2.51. The molecule has 0 aliphatic heterocycles. The van der Waals surface area contributed by atoms with E-state index in [0.29, 0.717) is 5.95 Å². The molecule has 3 aromatic heterocycles. The van der Waals surface area contributed by atoms with Gasteiger partial charge in [-0.15, -0.1) is 0 Å².